The summed E-state index contributed by atoms with van der Waals surface area (Å²) in [5, 5.41) is 3.40. The van der Waals surface area contributed by atoms with Gasteiger partial charge in [-0.15, -0.1) is 0 Å². The van der Waals surface area contributed by atoms with Gasteiger partial charge in [0.2, 0.25) is 0 Å². The quantitative estimate of drug-likeness (QED) is 0.907. The summed E-state index contributed by atoms with van der Waals surface area (Å²) in [6.45, 7) is 6.61. The zero-order chi connectivity index (χ0) is 13.8. The summed E-state index contributed by atoms with van der Waals surface area (Å²) >= 11 is 0. The number of benzene rings is 1. The number of aryl methyl sites for hydroxylation is 2. The summed E-state index contributed by atoms with van der Waals surface area (Å²) in [7, 11) is 0. The highest BCUT2D eigenvalue weighted by atomic mass is 19.1. The van der Waals surface area contributed by atoms with E-state index in [1.807, 2.05) is 38.1 Å². The Hall–Kier alpha value is -1.74. The van der Waals surface area contributed by atoms with E-state index in [1.165, 1.54) is 0 Å². The number of hydrogen-bond donors (Lipinski definition) is 1. The highest BCUT2D eigenvalue weighted by Crippen LogP contribution is 2.25. The molecule has 0 aliphatic heterocycles. The summed E-state index contributed by atoms with van der Waals surface area (Å²) in [4.78, 5) is 4.31. The molecular formula is C16H19FN2. The Balaban J connectivity index is 2.45. The van der Waals surface area contributed by atoms with E-state index in [1.54, 1.807) is 19.2 Å². The third-order valence-corrected chi connectivity index (χ3v) is 3.30. The maximum Gasteiger partial charge on any atom is 0.126 e. The van der Waals surface area contributed by atoms with Crippen molar-refractivity contribution in [2.75, 3.05) is 6.54 Å². The van der Waals surface area contributed by atoms with Crippen molar-refractivity contribution in [2.24, 2.45) is 0 Å². The number of rotatable bonds is 4. The minimum Gasteiger partial charge on any atom is -0.306 e. The van der Waals surface area contributed by atoms with Crippen LogP contribution in [-0.2, 0) is 0 Å². The lowest BCUT2D eigenvalue weighted by molar-refractivity contribution is 0.595. The molecule has 1 N–H and O–H groups in total. The Morgan fingerprint density at radius 1 is 1.26 bits per heavy atom. The number of nitrogens with one attached hydrogen (secondary N) is 1. The second-order valence-corrected chi connectivity index (χ2v) is 4.68. The molecule has 0 spiro atoms. The van der Waals surface area contributed by atoms with Gasteiger partial charge in [-0.2, -0.15) is 0 Å². The Kier molecular flexibility index (Phi) is 4.27. The fourth-order valence-electron chi connectivity index (χ4n) is 2.20. The highest BCUT2D eigenvalue weighted by Gasteiger charge is 2.16. The van der Waals surface area contributed by atoms with Gasteiger partial charge < -0.3 is 5.32 Å². The number of pyridine rings is 1. The molecule has 0 aliphatic rings. The second-order valence-electron chi connectivity index (χ2n) is 4.68. The molecule has 2 rings (SSSR count). The van der Waals surface area contributed by atoms with Crippen LogP contribution in [0.2, 0.25) is 0 Å². The molecule has 1 aromatic heterocycles. The smallest absolute Gasteiger partial charge is 0.126 e. The topological polar surface area (TPSA) is 24.9 Å². The zero-order valence-electron chi connectivity index (χ0n) is 11.6. The summed E-state index contributed by atoms with van der Waals surface area (Å²) in [6.07, 6.45) is 1.78. The van der Waals surface area contributed by atoms with Gasteiger partial charge in [0.25, 0.3) is 0 Å². The molecule has 0 aliphatic carbocycles. The summed E-state index contributed by atoms with van der Waals surface area (Å²) < 4.78 is 13.8. The van der Waals surface area contributed by atoms with E-state index >= 15 is 0 Å². The van der Waals surface area contributed by atoms with Crippen molar-refractivity contribution in [1.82, 2.24) is 10.3 Å². The average molecular weight is 258 g/mol. The lowest BCUT2D eigenvalue weighted by Gasteiger charge is -2.20. The van der Waals surface area contributed by atoms with E-state index < -0.39 is 0 Å². The minimum absolute atomic E-state index is 0.0196. The van der Waals surface area contributed by atoms with Gasteiger partial charge in [0.05, 0.1) is 6.04 Å². The molecule has 3 heteroatoms. The van der Waals surface area contributed by atoms with Gasteiger partial charge in [0.1, 0.15) is 5.82 Å². The number of hydrogen-bond acceptors (Lipinski definition) is 2. The van der Waals surface area contributed by atoms with E-state index in [2.05, 4.69) is 10.3 Å². The van der Waals surface area contributed by atoms with Crippen LogP contribution < -0.4 is 5.32 Å². The standard InChI is InChI=1S/C16H19FN2/c1-4-18-16(14-6-5-9-19-12(14)3)13-8-7-11(2)15(17)10-13/h5-10,16,18H,4H2,1-3H3. The molecule has 0 bridgehead atoms. The van der Waals surface area contributed by atoms with Gasteiger partial charge in [-0.3, -0.25) is 4.98 Å². The molecule has 0 saturated carbocycles. The molecule has 2 nitrogen and oxygen atoms in total. The Labute approximate surface area is 113 Å². The maximum atomic E-state index is 13.8. The molecule has 0 saturated heterocycles. The minimum atomic E-state index is -0.165. The lowest BCUT2D eigenvalue weighted by Crippen LogP contribution is -2.23. The van der Waals surface area contributed by atoms with Crippen molar-refractivity contribution >= 4 is 0 Å². The molecule has 1 unspecified atom stereocenters. The number of aromatic nitrogens is 1. The van der Waals surface area contributed by atoms with Gasteiger partial charge in [0.15, 0.2) is 0 Å². The first-order valence-corrected chi connectivity index (χ1v) is 6.54. The molecular weight excluding hydrogens is 239 g/mol. The van der Waals surface area contributed by atoms with E-state index in [9.17, 15) is 4.39 Å². The van der Waals surface area contributed by atoms with Crippen molar-refractivity contribution in [2.45, 2.75) is 26.8 Å². The van der Waals surface area contributed by atoms with Crippen LogP contribution in [0.3, 0.4) is 0 Å². The molecule has 100 valence electrons. The molecule has 0 amide bonds. The first kappa shape index (κ1) is 13.7. The van der Waals surface area contributed by atoms with Crippen LogP contribution in [0, 0.1) is 19.7 Å². The van der Waals surface area contributed by atoms with Crippen LogP contribution >= 0.6 is 0 Å². The normalized spacial score (nSPS) is 12.4. The molecule has 0 radical (unpaired) electrons. The second kappa shape index (κ2) is 5.93. The van der Waals surface area contributed by atoms with Crippen LogP contribution in [0.1, 0.15) is 35.3 Å². The predicted molar refractivity (Wildman–Crippen MR) is 75.6 cm³/mol. The molecule has 1 heterocycles. The summed E-state index contributed by atoms with van der Waals surface area (Å²) in [6, 6.07) is 9.33. The number of halogens is 1. The molecule has 1 aromatic carbocycles. The van der Waals surface area contributed by atoms with Crippen LogP contribution in [0.15, 0.2) is 36.5 Å². The van der Waals surface area contributed by atoms with E-state index in [0.717, 1.165) is 23.4 Å². The van der Waals surface area contributed by atoms with Gasteiger partial charge >= 0.3 is 0 Å². The first-order chi connectivity index (χ1) is 9.13. The van der Waals surface area contributed by atoms with Crippen LogP contribution in [0.5, 0.6) is 0 Å². The van der Waals surface area contributed by atoms with Crippen molar-refractivity contribution in [3.05, 3.63) is 64.7 Å². The lowest BCUT2D eigenvalue weighted by atomic mass is 9.96. The van der Waals surface area contributed by atoms with Gasteiger partial charge in [0, 0.05) is 11.9 Å². The van der Waals surface area contributed by atoms with Crippen molar-refractivity contribution < 1.29 is 4.39 Å². The molecule has 2 aromatic rings. The van der Waals surface area contributed by atoms with Crippen LogP contribution in [0.4, 0.5) is 4.39 Å². The molecule has 1 atom stereocenters. The molecule has 0 fully saturated rings. The monoisotopic (exact) mass is 258 g/mol. The fourth-order valence-corrected chi connectivity index (χ4v) is 2.20. The highest BCUT2D eigenvalue weighted by molar-refractivity contribution is 5.35. The van der Waals surface area contributed by atoms with Gasteiger partial charge in [-0.05, 0) is 49.2 Å². The molecule has 19 heavy (non-hydrogen) atoms. The van der Waals surface area contributed by atoms with E-state index in [4.69, 9.17) is 0 Å². The van der Waals surface area contributed by atoms with Crippen LogP contribution in [-0.4, -0.2) is 11.5 Å². The third-order valence-electron chi connectivity index (χ3n) is 3.30. The predicted octanol–water partition coefficient (Wildman–Crippen LogP) is 3.54. The fraction of sp³-hybridized carbons (Fsp3) is 0.312. The average Bonchev–Trinajstić information content (AvgIpc) is 2.40. The van der Waals surface area contributed by atoms with Crippen molar-refractivity contribution in [3.63, 3.8) is 0 Å². The van der Waals surface area contributed by atoms with E-state index in [0.29, 0.717) is 5.56 Å². The van der Waals surface area contributed by atoms with Crippen molar-refractivity contribution in [3.8, 4) is 0 Å². The van der Waals surface area contributed by atoms with Crippen LogP contribution in [0.25, 0.3) is 0 Å². The zero-order valence-corrected chi connectivity index (χ0v) is 11.6. The Bertz CT molecular complexity index is 566. The Morgan fingerprint density at radius 2 is 2.05 bits per heavy atom. The largest absolute Gasteiger partial charge is 0.306 e. The van der Waals surface area contributed by atoms with Crippen molar-refractivity contribution in [1.29, 1.82) is 0 Å². The van der Waals surface area contributed by atoms with Gasteiger partial charge in [-0.25, -0.2) is 4.39 Å². The summed E-state index contributed by atoms with van der Waals surface area (Å²) in [5.74, 6) is -0.165. The Morgan fingerprint density at radius 3 is 2.68 bits per heavy atom. The SMILES string of the molecule is CCNC(c1ccc(C)c(F)c1)c1cccnc1C. The maximum absolute atomic E-state index is 13.8. The van der Waals surface area contributed by atoms with Gasteiger partial charge in [-0.1, -0.05) is 25.1 Å². The third kappa shape index (κ3) is 2.99. The van der Waals surface area contributed by atoms with E-state index in [-0.39, 0.29) is 11.9 Å². The first-order valence-electron chi connectivity index (χ1n) is 6.54. The summed E-state index contributed by atoms with van der Waals surface area (Å²) in [5.41, 5.74) is 3.66. The number of nitrogens with zero attached hydrogens (tertiary/aromatic N) is 1.